The molecule has 0 aliphatic carbocycles. The summed E-state index contributed by atoms with van der Waals surface area (Å²) in [6, 6.07) is 0. The van der Waals surface area contributed by atoms with Crippen molar-refractivity contribution in [2.75, 3.05) is 26.7 Å². The van der Waals surface area contributed by atoms with Crippen LogP contribution in [0.5, 0.6) is 0 Å². The SMILES string of the molecule is CCCC(=O)NCC1(O)CCN(C)CC1. The second kappa shape index (κ2) is 5.47. The molecule has 1 heterocycles. The number of likely N-dealkylation sites (tertiary alicyclic amines) is 1. The molecule has 0 bridgehead atoms. The fourth-order valence-electron chi connectivity index (χ4n) is 1.79. The first-order valence-corrected chi connectivity index (χ1v) is 5.73. The van der Waals surface area contributed by atoms with E-state index < -0.39 is 5.60 Å². The summed E-state index contributed by atoms with van der Waals surface area (Å²) in [4.78, 5) is 13.5. The largest absolute Gasteiger partial charge is 0.388 e. The first-order chi connectivity index (χ1) is 7.06. The lowest BCUT2D eigenvalue weighted by atomic mass is 9.91. The summed E-state index contributed by atoms with van der Waals surface area (Å²) in [5.74, 6) is 0.0462. The van der Waals surface area contributed by atoms with Gasteiger partial charge in [0, 0.05) is 26.1 Å². The van der Waals surface area contributed by atoms with Gasteiger partial charge >= 0.3 is 0 Å². The van der Waals surface area contributed by atoms with Crippen molar-refractivity contribution in [1.29, 1.82) is 0 Å². The Balaban J connectivity index is 2.27. The van der Waals surface area contributed by atoms with E-state index in [4.69, 9.17) is 0 Å². The summed E-state index contributed by atoms with van der Waals surface area (Å²) >= 11 is 0. The third kappa shape index (κ3) is 4.18. The van der Waals surface area contributed by atoms with Crippen molar-refractivity contribution in [3.05, 3.63) is 0 Å². The Kier molecular flexibility index (Phi) is 4.54. The molecule has 0 saturated carbocycles. The number of hydrogen-bond acceptors (Lipinski definition) is 3. The zero-order chi connectivity index (χ0) is 11.3. The van der Waals surface area contributed by atoms with Crippen LogP contribution in [0.3, 0.4) is 0 Å². The topological polar surface area (TPSA) is 52.6 Å². The summed E-state index contributed by atoms with van der Waals surface area (Å²) in [6.07, 6.45) is 2.90. The zero-order valence-corrected chi connectivity index (χ0v) is 9.75. The normalized spacial score (nSPS) is 21.3. The minimum Gasteiger partial charge on any atom is -0.388 e. The van der Waals surface area contributed by atoms with Gasteiger partial charge < -0.3 is 15.3 Å². The number of carbonyl (C=O) groups excluding carboxylic acids is 1. The molecule has 1 aliphatic rings. The zero-order valence-electron chi connectivity index (χ0n) is 9.75. The van der Waals surface area contributed by atoms with Gasteiger partial charge in [-0.25, -0.2) is 0 Å². The van der Waals surface area contributed by atoms with E-state index in [1.54, 1.807) is 0 Å². The Morgan fingerprint density at radius 3 is 2.60 bits per heavy atom. The number of rotatable bonds is 4. The van der Waals surface area contributed by atoms with Crippen molar-refractivity contribution in [2.45, 2.75) is 38.2 Å². The van der Waals surface area contributed by atoms with Gasteiger partial charge in [0.2, 0.25) is 5.91 Å². The predicted octanol–water partition coefficient (Wildman–Crippen LogP) is 0.359. The van der Waals surface area contributed by atoms with E-state index in [1.165, 1.54) is 0 Å². The van der Waals surface area contributed by atoms with Crippen molar-refractivity contribution in [3.63, 3.8) is 0 Å². The maximum absolute atomic E-state index is 11.3. The highest BCUT2D eigenvalue weighted by Crippen LogP contribution is 2.20. The molecule has 1 fully saturated rings. The van der Waals surface area contributed by atoms with Gasteiger partial charge in [-0.1, -0.05) is 6.92 Å². The molecule has 0 aromatic rings. The van der Waals surface area contributed by atoms with Crippen molar-refractivity contribution in [2.24, 2.45) is 0 Å². The number of hydrogen-bond donors (Lipinski definition) is 2. The minimum absolute atomic E-state index is 0.0462. The summed E-state index contributed by atoms with van der Waals surface area (Å²) in [6.45, 7) is 4.18. The lowest BCUT2D eigenvalue weighted by molar-refractivity contribution is -0.123. The molecule has 0 atom stereocenters. The smallest absolute Gasteiger partial charge is 0.220 e. The standard InChI is InChI=1S/C11H22N2O2/c1-3-4-10(14)12-9-11(15)5-7-13(2)8-6-11/h15H,3-9H2,1-2H3,(H,12,14). The van der Waals surface area contributed by atoms with Crippen LogP contribution in [0, 0.1) is 0 Å². The molecular weight excluding hydrogens is 192 g/mol. The van der Waals surface area contributed by atoms with Crippen LogP contribution in [0.15, 0.2) is 0 Å². The third-order valence-electron chi connectivity index (χ3n) is 3.01. The Labute approximate surface area is 91.6 Å². The second-order valence-electron chi connectivity index (χ2n) is 4.55. The molecule has 1 rings (SSSR count). The Morgan fingerprint density at radius 1 is 1.47 bits per heavy atom. The Morgan fingerprint density at radius 2 is 2.07 bits per heavy atom. The van der Waals surface area contributed by atoms with Gasteiger partial charge in [0.1, 0.15) is 0 Å². The molecule has 4 nitrogen and oxygen atoms in total. The molecule has 1 saturated heterocycles. The van der Waals surface area contributed by atoms with Crippen molar-refractivity contribution < 1.29 is 9.90 Å². The molecule has 88 valence electrons. The highest BCUT2D eigenvalue weighted by molar-refractivity contribution is 5.75. The maximum Gasteiger partial charge on any atom is 0.220 e. The number of nitrogens with zero attached hydrogens (tertiary/aromatic N) is 1. The average Bonchev–Trinajstić information content (AvgIpc) is 2.21. The van der Waals surface area contributed by atoms with Gasteiger partial charge in [0.15, 0.2) is 0 Å². The quantitative estimate of drug-likeness (QED) is 0.710. The number of carbonyl (C=O) groups is 1. The van der Waals surface area contributed by atoms with Gasteiger partial charge in [0.25, 0.3) is 0 Å². The van der Waals surface area contributed by atoms with Crippen LogP contribution in [0.1, 0.15) is 32.6 Å². The van der Waals surface area contributed by atoms with E-state index in [0.29, 0.717) is 13.0 Å². The lowest BCUT2D eigenvalue weighted by Gasteiger charge is -2.36. The van der Waals surface area contributed by atoms with Crippen LogP contribution in [-0.4, -0.2) is 48.2 Å². The number of piperidine rings is 1. The van der Waals surface area contributed by atoms with Gasteiger partial charge in [-0.05, 0) is 26.3 Å². The summed E-state index contributed by atoms with van der Waals surface area (Å²) in [5.41, 5.74) is -0.685. The molecule has 1 amide bonds. The summed E-state index contributed by atoms with van der Waals surface area (Å²) in [7, 11) is 2.05. The van der Waals surface area contributed by atoms with E-state index in [-0.39, 0.29) is 5.91 Å². The number of nitrogens with one attached hydrogen (secondary N) is 1. The molecule has 0 aromatic heterocycles. The molecule has 1 aliphatic heterocycles. The molecule has 15 heavy (non-hydrogen) atoms. The molecule has 0 radical (unpaired) electrons. The van der Waals surface area contributed by atoms with Gasteiger partial charge in [0.05, 0.1) is 5.60 Å². The molecule has 2 N–H and O–H groups in total. The first-order valence-electron chi connectivity index (χ1n) is 5.73. The van der Waals surface area contributed by atoms with Gasteiger partial charge in [-0.3, -0.25) is 4.79 Å². The molecule has 4 heteroatoms. The minimum atomic E-state index is -0.685. The van der Waals surface area contributed by atoms with Crippen LogP contribution in [-0.2, 0) is 4.79 Å². The monoisotopic (exact) mass is 214 g/mol. The van der Waals surface area contributed by atoms with Crippen molar-refractivity contribution >= 4 is 5.91 Å². The van der Waals surface area contributed by atoms with Crippen LogP contribution in [0.2, 0.25) is 0 Å². The van der Waals surface area contributed by atoms with E-state index in [9.17, 15) is 9.90 Å². The van der Waals surface area contributed by atoms with Crippen LogP contribution >= 0.6 is 0 Å². The summed E-state index contributed by atoms with van der Waals surface area (Å²) in [5, 5.41) is 13.0. The van der Waals surface area contributed by atoms with E-state index >= 15 is 0 Å². The first kappa shape index (κ1) is 12.5. The molecule has 0 spiro atoms. The fraction of sp³-hybridized carbons (Fsp3) is 0.909. The summed E-state index contributed by atoms with van der Waals surface area (Å²) < 4.78 is 0. The molecule has 0 unspecified atom stereocenters. The predicted molar refractivity (Wildman–Crippen MR) is 59.6 cm³/mol. The highest BCUT2D eigenvalue weighted by Gasteiger charge is 2.31. The van der Waals surface area contributed by atoms with Crippen LogP contribution < -0.4 is 5.32 Å². The average molecular weight is 214 g/mol. The Bertz CT molecular complexity index is 211. The second-order valence-corrected chi connectivity index (χ2v) is 4.55. The van der Waals surface area contributed by atoms with Crippen LogP contribution in [0.25, 0.3) is 0 Å². The lowest BCUT2D eigenvalue weighted by Crippen LogP contribution is -2.49. The fourth-order valence-corrected chi connectivity index (χ4v) is 1.79. The highest BCUT2D eigenvalue weighted by atomic mass is 16.3. The number of amides is 1. The van der Waals surface area contributed by atoms with Crippen molar-refractivity contribution in [3.8, 4) is 0 Å². The maximum atomic E-state index is 11.3. The Hall–Kier alpha value is -0.610. The van der Waals surface area contributed by atoms with E-state index in [0.717, 1.165) is 32.4 Å². The third-order valence-corrected chi connectivity index (χ3v) is 3.01. The van der Waals surface area contributed by atoms with Gasteiger partial charge in [-0.15, -0.1) is 0 Å². The molecule has 0 aromatic carbocycles. The number of aliphatic hydroxyl groups is 1. The van der Waals surface area contributed by atoms with Crippen molar-refractivity contribution in [1.82, 2.24) is 10.2 Å². The van der Waals surface area contributed by atoms with Gasteiger partial charge in [-0.2, -0.15) is 0 Å². The van der Waals surface area contributed by atoms with E-state index in [1.807, 2.05) is 6.92 Å². The van der Waals surface area contributed by atoms with E-state index in [2.05, 4.69) is 17.3 Å². The van der Waals surface area contributed by atoms with Crippen LogP contribution in [0.4, 0.5) is 0 Å². The molecular formula is C11H22N2O2.